The fourth-order valence-electron chi connectivity index (χ4n) is 7.18. The van der Waals surface area contributed by atoms with Crippen LogP contribution in [-0.4, -0.2) is 97.4 Å². The highest BCUT2D eigenvalue weighted by atomic mass is 16.5. The van der Waals surface area contributed by atoms with Gasteiger partial charge in [-0.15, -0.1) is 0 Å². The van der Waals surface area contributed by atoms with Gasteiger partial charge < -0.3 is 33.5 Å². The second kappa shape index (κ2) is 14.3. The molecule has 246 valence electrons. The first-order valence-corrected chi connectivity index (χ1v) is 16.3. The van der Waals surface area contributed by atoms with Gasteiger partial charge in [-0.25, -0.2) is 4.98 Å². The fourth-order valence-corrected chi connectivity index (χ4v) is 7.18. The van der Waals surface area contributed by atoms with Crippen LogP contribution >= 0.6 is 0 Å². The van der Waals surface area contributed by atoms with Crippen molar-refractivity contribution in [2.45, 2.75) is 37.6 Å². The second-order valence-electron chi connectivity index (χ2n) is 12.3. The number of rotatable bonds is 11. The Balaban J connectivity index is 1.17. The molecule has 0 N–H and O–H groups in total. The van der Waals surface area contributed by atoms with Gasteiger partial charge in [-0.1, -0.05) is 12.1 Å². The standard InChI is InChI=1S/C36H43N7O4/c1-45-31-24-27(25-32(46-2)33(31)47-3)34(44)42-21-13-36(26-42,28-10-15-38-16-11-28)12-20-40-17-7-18-41(23-22-40)35-39-29-8-4-5-9-30(29)43(35)19-6-14-37/h4-5,8-11,15-16,24-25H,6-7,12-13,17-23,26H2,1-3H3. The van der Waals surface area contributed by atoms with Gasteiger partial charge in [-0.05, 0) is 74.3 Å². The number of aryl methyl sites for hydroxylation is 1. The zero-order valence-corrected chi connectivity index (χ0v) is 27.5. The van der Waals surface area contributed by atoms with Crippen molar-refractivity contribution in [2.75, 3.05) is 72.0 Å². The van der Waals surface area contributed by atoms with Crippen molar-refractivity contribution < 1.29 is 19.0 Å². The van der Waals surface area contributed by atoms with Crippen LogP contribution in [0.2, 0.25) is 0 Å². The number of likely N-dealkylation sites (tertiary alicyclic amines) is 1. The van der Waals surface area contributed by atoms with Crippen LogP contribution in [0.25, 0.3) is 11.0 Å². The van der Waals surface area contributed by atoms with E-state index in [2.05, 4.69) is 43.6 Å². The maximum absolute atomic E-state index is 13.9. The molecule has 4 heterocycles. The molecule has 0 aliphatic carbocycles. The summed E-state index contributed by atoms with van der Waals surface area (Å²) >= 11 is 0. The van der Waals surface area contributed by atoms with Gasteiger partial charge in [0.05, 0.1) is 44.9 Å². The van der Waals surface area contributed by atoms with Gasteiger partial charge in [-0.2, -0.15) is 5.26 Å². The van der Waals surface area contributed by atoms with E-state index in [9.17, 15) is 10.1 Å². The summed E-state index contributed by atoms with van der Waals surface area (Å²) in [6, 6.07) is 18.1. The van der Waals surface area contributed by atoms with E-state index in [1.807, 2.05) is 35.5 Å². The number of anilines is 1. The maximum atomic E-state index is 13.9. The number of ether oxygens (including phenoxy) is 3. The molecule has 2 aromatic heterocycles. The van der Waals surface area contributed by atoms with E-state index >= 15 is 0 Å². The third-order valence-corrected chi connectivity index (χ3v) is 9.70. The highest BCUT2D eigenvalue weighted by Crippen LogP contribution is 2.41. The number of carbonyl (C=O) groups is 1. The molecule has 11 nitrogen and oxygen atoms in total. The Morgan fingerprint density at radius 3 is 2.43 bits per heavy atom. The molecule has 0 saturated carbocycles. The number of nitrogens with zero attached hydrogens (tertiary/aromatic N) is 7. The van der Waals surface area contributed by atoms with Crippen LogP contribution in [0, 0.1) is 11.3 Å². The summed E-state index contributed by atoms with van der Waals surface area (Å²) < 4.78 is 18.7. The number of carbonyl (C=O) groups excluding carboxylic acids is 1. The van der Waals surface area contributed by atoms with E-state index in [0.29, 0.717) is 48.9 Å². The molecule has 1 unspecified atom stereocenters. The SMILES string of the molecule is COc1cc(C(=O)N2CCC(CCN3CCCN(c4nc5ccccc5n4CCC#N)CC3)(c3ccncc3)C2)cc(OC)c1OC. The summed E-state index contributed by atoms with van der Waals surface area (Å²) in [5.74, 6) is 2.30. The molecule has 47 heavy (non-hydrogen) atoms. The smallest absolute Gasteiger partial charge is 0.254 e. The molecule has 0 radical (unpaired) electrons. The van der Waals surface area contributed by atoms with Crippen molar-refractivity contribution in [3.63, 3.8) is 0 Å². The van der Waals surface area contributed by atoms with Crippen molar-refractivity contribution in [1.29, 1.82) is 5.26 Å². The Bertz CT molecular complexity index is 1710. The lowest BCUT2D eigenvalue weighted by molar-refractivity contribution is 0.0780. The summed E-state index contributed by atoms with van der Waals surface area (Å²) in [7, 11) is 4.67. The van der Waals surface area contributed by atoms with Crippen LogP contribution in [0.5, 0.6) is 17.2 Å². The monoisotopic (exact) mass is 637 g/mol. The molecular weight excluding hydrogens is 594 g/mol. The van der Waals surface area contributed by atoms with Crippen LogP contribution in [0.15, 0.2) is 60.9 Å². The summed E-state index contributed by atoms with van der Waals surface area (Å²) in [4.78, 5) is 30.1. The first-order valence-electron chi connectivity index (χ1n) is 16.3. The van der Waals surface area contributed by atoms with Gasteiger partial charge >= 0.3 is 0 Å². The number of pyridine rings is 1. The van der Waals surface area contributed by atoms with E-state index in [4.69, 9.17) is 19.2 Å². The van der Waals surface area contributed by atoms with E-state index in [1.165, 1.54) is 5.56 Å². The van der Waals surface area contributed by atoms with E-state index in [1.54, 1.807) is 33.5 Å². The van der Waals surface area contributed by atoms with Gasteiger partial charge in [0, 0.05) is 62.6 Å². The number of hydrogen-bond donors (Lipinski definition) is 0. The van der Waals surface area contributed by atoms with Gasteiger partial charge in [0.1, 0.15) is 0 Å². The Morgan fingerprint density at radius 2 is 1.70 bits per heavy atom. The molecule has 1 atom stereocenters. The molecular formula is C36H43N7O4. The van der Waals surface area contributed by atoms with Gasteiger partial charge in [-0.3, -0.25) is 9.78 Å². The minimum atomic E-state index is -0.184. The number of imidazole rings is 1. The summed E-state index contributed by atoms with van der Waals surface area (Å²) in [6.45, 7) is 6.53. The number of hydrogen-bond acceptors (Lipinski definition) is 9. The Hall–Kier alpha value is -4.82. The average molecular weight is 638 g/mol. The third kappa shape index (κ3) is 6.56. The molecule has 2 aliphatic heterocycles. The first kappa shape index (κ1) is 32.1. The highest BCUT2D eigenvalue weighted by molar-refractivity contribution is 5.96. The number of benzene rings is 2. The van der Waals surface area contributed by atoms with Crippen molar-refractivity contribution >= 4 is 22.9 Å². The Morgan fingerprint density at radius 1 is 0.936 bits per heavy atom. The van der Waals surface area contributed by atoms with E-state index < -0.39 is 0 Å². The number of amides is 1. The maximum Gasteiger partial charge on any atom is 0.254 e. The fraction of sp³-hybridized carbons (Fsp3) is 0.444. The van der Waals surface area contributed by atoms with E-state index in [-0.39, 0.29) is 11.3 Å². The zero-order valence-electron chi connectivity index (χ0n) is 27.5. The van der Waals surface area contributed by atoms with Crippen molar-refractivity contribution in [2.24, 2.45) is 0 Å². The molecule has 2 saturated heterocycles. The highest BCUT2D eigenvalue weighted by Gasteiger charge is 2.42. The molecule has 2 fully saturated rings. The van der Waals surface area contributed by atoms with Gasteiger partial charge in [0.15, 0.2) is 11.5 Å². The minimum absolute atomic E-state index is 0.0510. The predicted octanol–water partition coefficient (Wildman–Crippen LogP) is 4.76. The van der Waals surface area contributed by atoms with Crippen molar-refractivity contribution in [3.8, 4) is 23.3 Å². The van der Waals surface area contributed by atoms with E-state index in [0.717, 1.165) is 69.0 Å². The average Bonchev–Trinajstić information content (AvgIpc) is 3.64. The van der Waals surface area contributed by atoms with Crippen LogP contribution in [-0.2, 0) is 12.0 Å². The lowest BCUT2D eigenvalue weighted by Gasteiger charge is -2.33. The van der Waals surface area contributed by atoms with Crippen LogP contribution in [0.4, 0.5) is 5.95 Å². The van der Waals surface area contributed by atoms with Gasteiger partial charge in [0.2, 0.25) is 11.7 Å². The van der Waals surface area contributed by atoms with Crippen LogP contribution in [0.1, 0.15) is 41.6 Å². The first-order chi connectivity index (χ1) is 23.0. The Labute approximate surface area is 276 Å². The topological polar surface area (TPSA) is 109 Å². The third-order valence-electron chi connectivity index (χ3n) is 9.70. The summed E-state index contributed by atoms with van der Waals surface area (Å²) in [5.41, 5.74) is 3.59. The molecule has 2 aromatic carbocycles. The molecule has 1 amide bonds. The quantitative estimate of drug-likeness (QED) is 0.230. The van der Waals surface area contributed by atoms with Gasteiger partial charge in [0.25, 0.3) is 5.91 Å². The number of aromatic nitrogens is 3. The lowest BCUT2D eigenvalue weighted by atomic mass is 9.77. The van der Waals surface area contributed by atoms with Crippen LogP contribution < -0.4 is 19.1 Å². The molecule has 4 aromatic rings. The summed E-state index contributed by atoms with van der Waals surface area (Å²) in [5, 5.41) is 9.29. The number of fused-ring (bicyclic) bond motifs is 1. The molecule has 11 heteroatoms. The number of methoxy groups -OCH3 is 3. The Kier molecular flexibility index (Phi) is 9.78. The predicted molar refractivity (Wildman–Crippen MR) is 180 cm³/mol. The largest absolute Gasteiger partial charge is 0.493 e. The molecule has 2 aliphatic rings. The van der Waals surface area contributed by atoms with Crippen molar-refractivity contribution in [3.05, 3.63) is 72.1 Å². The second-order valence-corrected chi connectivity index (χ2v) is 12.3. The molecule has 0 bridgehead atoms. The number of nitriles is 1. The zero-order chi connectivity index (χ0) is 32.8. The molecule has 6 rings (SSSR count). The molecule has 0 spiro atoms. The summed E-state index contributed by atoms with van der Waals surface area (Å²) in [6.07, 6.45) is 6.97. The number of para-hydroxylation sites is 2. The lowest BCUT2D eigenvalue weighted by Crippen LogP contribution is -2.39. The van der Waals surface area contributed by atoms with Crippen molar-refractivity contribution in [1.82, 2.24) is 24.3 Å². The normalized spacial score (nSPS) is 18.6. The van der Waals surface area contributed by atoms with Crippen LogP contribution in [0.3, 0.4) is 0 Å². The minimum Gasteiger partial charge on any atom is -0.493 e.